The van der Waals surface area contributed by atoms with Crippen LogP contribution in [0.25, 0.3) is 0 Å². The Morgan fingerprint density at radius 2 is 1.71 bits per heavy atom. The normalized spacial score (nSPS) is 10.5. The lowest BCUT2D eigenvalue weighted by Gasteiger charge is -2.07. The molecule has 2 aromatic carbocycles. The summed E-state index contributed by atoms with van der Waals surface area (Å²) in [7, 11) is 0. The lowest BCUT2D eigenvalue weighted by atomic mass is 10.1. The fourth-order valence-corrected chi connectivity index (χ4v) is 2.80. The molecule has 0 aliphatic rings. The Bertz CT molecular complexity index is 895. The quantitative estimate of drug-likeness (QED) is 0.548. The molecular formula is C20H21N3O4S. The van der Waals surface area contributed by atoms with Gasteiger partial charge in [-0.15, -0.1) is 16.9 Å². The average molecular weight is 399 g/mol. The molecule has 0 spiro atoms. The molecule has 3 aromatic rings. The number of nitrogens with zero attached hydrogens (tertiary/aromatic N) is 2. The maximum atomic E-state index is 12.0. The lowest BCUT2D eigenvalue weighted by Crippen LogP contribution is -2.20. The SMILES string of the molecule is CCOc1ccc(OCC(=O)Nc2nnc(Cc3ccc(SC)cc3)o2)cc1. The van der Waals surface area contributed by atoms with Crippen LogP contribution in [-0.2, 0) is 11.2 Å². The maximum Gasteiger partial charge on any atom is 0.322 e. The molecule has 1 heterocycles. The van der Waals surface area contributed by atoms with Gasteiger partial charge in [-0.2, -0.15) is 0 Å². The molecule has 0 aliphatic carbocycles. The van der Waals surface area contributed by atoms with Gasteiger partial charge in [0.25, 0.3) is 5.91 Å². The van der Waals surface area contributed by atoms with Gasteiger partial charge in [0.15, 0.2) is 6.61 Å². The number of amides is 1. The summed E-state index contributed by atoms with van der Waals surface area (Å²) in [5.74, 6) is 1.37. The fraction of sp³-hybridized carbons (Fsp3) is 0.250. The van der Waals surface area contributed by atoms with E-state index in [0.717, 1.165) is 11.3 Å². The van der Waals surface area contributed by atoms with E-state index in [0.29, 0.717) is 24.7 Å². The first-order valence-electron chi connectivity index (χ1n) is 8.77. The Morgan fingerprint density at radius 1 is 1.04 bits per heavy atom. The second-order valence-corrected chi connectivity index (χ2v) is 6.65. The summed E-state index contributed by atoms with van der Waals surface area (Å²) in [6, 6.07) is 15.2. The number of ether oxygens (including phenoxy) is 2. The molecule has 0 atom stereocenters. The van der Waals surface area contributed by atoms with E-state index in [1.165, 1.54) is 4.90 Å². The van der Waals surface area contributed by atoms with Gasteiger partial charge in [0, 0.05) is 4.90 Å². The summed E-state index contributed by atoms with van der Waals surface area (Å²) in [6.07, 6.45) is 2.53. The van der Waals surface area contributed by atoms with Gasteiger partial charge in [-0.05, 0) is 55.1 Å². The van der Waals surface area contributed by atoms with Crippen molar-refractivity contribution in [3.63, 3.8) is 0 Å². The van der Waals surface area contributed by atoms with Crippen LogP contribution in [0.4, 0.5) is 6.01 Å². The van der Waals surface area contributed by atoms with Crippen molar-refractivity contribution in [1.82, 2.24) is 10.2 Å². The van der Waals surface area contributed by atoms with Crippen molar-refractivity contribution < 1.29 is 18.7 Å². The number of hydrogen-bond donors (Lipinski definition) is 1. The highest BCUT2D eigenvalue weighted by atomic mass is 32.2. The number of carbonyl (C=O) groups is 1. The zero-order chi connectivity index (χ0) is 19.8. The molecule has 3 rings (SSSR count). The topological polar surface area (TPSA) is 86.5 Å². The fourth-order valence-electron chi connectivity index (χ4n) is 2.40. The molecule has 0 bridgehead atoms. The van der Waals surface area contributed by atoms with E-state index in [4.69, 9.17) is 13.9 Å². The molecule has 0 unspecified atom stereocenters. The predicted octanol–water partition coefficient (Wildman–Crippen LogP) is 3.80. The van der Waals surface area contributed by atoms with E-state index in [1.54, 1.807) is 36.0 Å². The zero-order valence-electron chi connectivity index (χ0n) is 15.7. The number of aromatic nitrogens is 2. The molecule has 0 aliphatic heterocycles. The van der Waals surface area contributed by atoms with Crippen LogP contribution in [0.1, 0.15) is 18.4 Å². The highest BCUT2D eigenvalue weighted by Gasteiger charge is 2.11. The number of benzene rings is 2. The summed E-state index contributed by atoms with van der Waals surface area (Å²) in [5, 5.41) is 10.3. The van der Waals surface area contributed by atoms with Crippen molar-refractivity contribution >= 4 is 23.7 Å². The van der Waals surface area contributed by atoms with Gasteiger partial charge in [-0.1, -0.05) is 17.2 Å². The number of nitrogens with one attached hydrogen (secondary N) is 1. The van der Waals surface area contributed by atoms with Crippen LogP contribution in [0.5, 0.6) is 11.5 Å². The van der Waals surface area contributed by atoms with E-state index < -0.39 is 0 Å². The first kappa shape index (κ1) is 19.8. The Hall–Kier alpha value is -3.00. The van der Waals surface area contributed by atoms with Gasteiger partial charge in [0.05, 0.1) is 13.0 Å². The second-order valence-electron chi connectivity index (χ2n) is 5.77. The number of rotatable bonds is 9. The molecule has 0 radical (unpaired) electrons. The van der Waals surface area contributed by atoms with Gasteiger partial charge in [-0.25, -0.2) is 0 Å². The highest BCUT2D eigenvalue weighted by Crippen LogP contribution is 2.18. The molecule has 8 heteroatoms. The summed E-state index contributed by atoms with van der Waals surface area (Å²) < 4.78 is 16.3. The Balaban J connectivity index is 1.47. The standard InChI is InChI=1S/C20H21N3O4S/c1-3-25-15-6-8-16(9-7-15)26-13-18(24)21-20-23-22-19(27-20)12-14-4-10-17(28-2)11-5-14/h4-11H,3,12-13H2,1-2H3,(H,21,23,24). The minimum Gasteiger partial charge on any atom is -0.494 e. The summed E-state index contributed by atoms with van der Waals surface area (Å²) in [4.78, 5) is 13.2. The minimum atomic E-state index is -0.381. The Labute approximate surface area is 167 Å². The largest absolute Gasteiger partial charge is 0.494 e. The molecule has 28 heavy (non-hydrogen) atoms. The summed E-state index contributed by atoms with van der Waals surface area (Å²) in [6.45, 7) is 2.35. The average Bonchev–Trinajstić information content (AvgIpc) is 3.15. The third kappa shape index (κ3) is 5.75. The van der Waals surface area contributed by atoms with Gasteiger partial charge in [0.1, 0.15) is 11.5 Å². The maximum absolute atomic E-state index is 12.0. The third-order valence-electron chi connectivity index (χ3n) is 3.73. The first-order valence-corrected chi connectivity index (χ1v) is 9.99. The summed E-state index contributed by atoms with van der Waals surface area (Å²) >= 11 is 1.68. The van der Waals surface area contributed by atoms with Gasteiger partial charge in [-0.3, -0.25) is 10.1 Å². The van der Waals surface area contributed by atoms with Crippen LogP contribution < -0.4 is 14.8 Å². The number of thioether (sulfide) groups is 1. The van der Waals surface area contributed by atoms with Crippen LogP contribution >= 0.6 is 11.8 Å². The second kappa shape index (κ2) is 9.80. The van der Waals surface area contributed by atoms with Gasteiger partial charge < -0.3 is 13.9 Å². The van der Waals surface area contributed by atoms with Gasteiger partial charge in [0.2, 0.25) is 5.89 Å². The number of anilines is 1. The molecule has 0 saturated carbocycles. The van der Waals surface area contributed by atoms with E-state index in [1.807, 2.05) is 37.4 Å². The van der Waals surface area contributed by atoms with Gasteiger partial charge >= 0.3 is 6.01 Å². The number of hydrogen-bond acceptors (Lipinski definition) is 7. The van der Waals surface area contributed by atoms with E-state index >= 15 is 0 Å². The zero-order valence-corrected chi connectivity index (χ0v) is 16.5. The Morgan fingerprint density at radius 3 is 2.36 bits per heavy atom. The molecule has 0 fully saturated rings. The lowest BCUT2D eigenvalue weighted by molar-refractivity contribution is -0.118. The van der Waals surface area contributed by atoms with Crippen LogP contribution in [0.3, 0.4) is 0 Å². The molecule has 1 N–H and O–H groups in total. The molecule has 7 nitrogen and oxygen atoms in total. The molecule has 146 valence electrons. The van der Waals surface area contributed by atoms with Crippen molar-refractivity contribution in [2.24, 2.45) is 0 Å². The van der Waals surface area contributed by atoms with E-state index in [9.17, 15) is 4.79 Å². The van der Waals surface area contributed by atoms with Crippen molar-refractivity contribution in [3.05, 3.63) is 60.0 Å². The van der Waals surface area contributed by atoms with Crippen molar-refractivity contribution in [2.75, 3.05) is 24.8 Å². The molecule has 1 amide bonds. The monoisotopic (exact) mass is 399 g/mol. The number of carbonyl (C=O) groups excluding carboxylic acids is 1. The highest BCUT2D eigenvalue weighted by molar-refractivity contribution is 7.98. The first-order chi connectivity index (χ1) is 13.7. The molecular weight excluding hydrogens is 378 g/mol. The smallest absolute Gasteiger partial charge is 0.322 e. The van der Waals surface area contributed by atoms with Crippen molar-refractivity contribution in [3.8, 4) is 11.5 Å². The molecule has 0 saturated heterocycles. The van der Waals surface area contributed by atoms with Crippen molar-refractivity contribution in [1.29, 1.82) is 0 Å². The van der Waals surface area contributed by atoms with Crippen LogP contribution in [0.2, 0.25) is 0 Å². The Kier molecular flexibility index (Phi) is 6.91. The van der Waals surface area contributed by atoms with E-state index in [2.05, 4.69) is 15.5 Å². The van der Waals surface area contributed by atoms with Crippen LogP contribution in [0.15, 0.2) is 57.8 Å². The van der Waals surface area contributed by atoms with Crippen molar-refractivity contribution in [2.45, 2.75) is 18.2 Å². The van der Waals surface area contributed by atoms with Crippen LogP contribution in [0, 0.1) is 0 Å². The van der Waals surface area contributed by atoms with Crippen LogP contribution in [-0.4, -0.2) is 35.6 Å². The summed E-state index contributed by atoms with van der Waals surface area (Å²) in [5.41, 5.74) is 1.05. The predicted molar refractivity (Wildman–Crippen MR) is 107 cm³/mol. The van der Waals surface area contributed by atoms with E-state index in [-0.39, 0.29) is 18.5 Å². The minimum absolute atomic E-state index is 0.0519. The third-order valence-corrected chi connectivity index (χ3v) is 4.48. The molecule has 1 aromatic heterocycles.